The van der Waals surface area contributed by atoms with Crippen molar-refractivity contribution in [2.45, 2.75) is 12.8 Å². The lowest BCUT2D eigenvalue weighted by molar-refractivity contribution is -0.138. The number of carbonyl (C=O) groups is 1. The van der Waals surface area contributed by atoms with Crippen molar-refractivity contribution in [1.82, 2.24) is 0 Å². The molecule has 82 valence electrons. The molecule has 4 nitrogen and oxygen atoms in total. The monoisotopic (exact) mass is 273 g/mol. The zero-order valence-corrected chi connectivity index (χ0v) is 9.78. The number of aromatic hydroxyl groups is 1. The summed E-state index contributed by atoms with van der Waals surface area (Å²) in [5.74, 6) is -1.91. The summed E-state index contributed by atoms with van der Waals surface area (Å²) >= 11 is 3.25. The minimum atomic E-state index is -1.04. The van der Waals surface area contributed by atoms with E-state index in [1.54, 1.807) is 19.1 Å². The van der Waals surface area contributed by atoms with E-state index in [-0.39, 0.29) is 12.3 Å². The number of carboxylic acids is 1. The lowest BCUT2D eigenvalue weighted by Crippen LogP contribution is -2.21. The van der Waals surface area contributed by atoms with Crippen LogP contribution in [0.4, 0.5) is 0 Å². The average Bonchev–Trinajstić information content (AvgIpc) is 2.13. The van der Waals surface area contributed by atoms with E-state index in [0.717, 1.165) is 4.47 Å². The summed E-state index contributed by atoms with van der Waals surface area (Å²) in [6.45, 7) is 1.66. The fraction of sp³-hybridized carbons (Fsp3) is 0.300. The molecule has 0 radical (unpaired) electrons. The lowest BCUT2D eigenvalue weighted by Gasteiger charge is -2.14. The molecule has 5 heteroatoms. The number of halogens is 1. The maximum atomic E-state index is 10.9. The van der Waals surface area contributed by atoms with Gasteiger partial charge in [0.25, 0.3) is 0 Å². The quantitative estimate of drug-likeness (QED) is 0.781. The van der Waals surface area contributed by atoms with Crippen molar-refractivity contribution in [3.05, 3.63) is 27.7 Å². The van der Waals surface area contributed by atoms with Gasteiger partial charge in [0.15, 0.2) is 0 Å². The minimum absolute atomic E-state index is 0.00366. The first-order valence-electron chi connectivity index (χ1n) is 4.39. The molecule has 0 amide bonds. The predicted octanol–water partition coefficient (Wildman–Crippen LogP) is 1.59. The highest BCUT2D eigenvalue weighted by Gasteiger charge is 2.22. The first kappa shape index (κ1) is 12.0. The summed E-state index contributed by atoms with van der Waals surface area (Å²) < 4.78 is 0.729. The first-order valence-corrected chi connectivity index (χ1v) is 5.18. The number of hydrogen-bond donors (Lipinski definition) is 3. The Kier molecular flexibility index (Phi) is 3.71. The number of nitrogens with two attached hydrogens (primary N) is 1. The third kappa shape index (κ3) is 2.49. The molecule has 1 aromatic rings. The van der Waals surface area contributed by atoms with Crippen LogP contribution in [0.5, 0.6) is 5.75 Å². The summed E-state index contributed by atoms with van der Waals surface area (Å²) in [5, 5.41) is 18.7. The molecular formula is C10H12BrNO3. The molecule has 1 unspecified atom stereocenters. The van der Waals surface area contributed by atoms with E-state index < -0.39 is 11.9 Å². The van der Waals surface area contributed by atoms with Crippen LogP contribution in [0.25, 0.3) is 0 Å². The summed E-state index contributed by atoms with van der Waals surface area (Å²) in [6.07, 6.45) is 0. The Bertz CT molecular complexity index is 392. The van der Waals surface area contributed by atoms with Crippen molar-refractivity contribution in [3.63, 3.8) is 0 Å². The molecule has 1 aromatic carbocycles. The van der Waals surface area contributed by atoms with Gasteiger partial charge in [-0.1, -0.05) is 15.9 Å². The molecule has 1 atom stereocenters. The van der Waals surface area contributed by atoms with Gasteiger partial charge in [-0.25, -0.2) is 0 Å². The van der Waals surface area contributed by atoms with Crippen molar-refractivity contribution >= 4 is 21.9 Å². The number of aryl methyl sites for hydroxylation is 1. The van der Waals surface area contributed by atoms with E-state index in [1.807, 2.05) is 0 Å². The Morgan fingerprint density at radius 1 is 1.60 bits per heavy atom. The second-order valence-electron chi connectivity index (χ2n) is 3.29. The highest BCUT2D eigenvalue weighted by molar-refractivity contribution is 9.10. The Morgan fingerprint density at radius 3 is 2.67 bits per heavy atom. The zero-order chi connectivity index (χ0) is 11.6. The van der Waals surface area contributed by atoms with Crippen molar-refractivity contribution in [1.29, 1.82) is 0 Å². The van der Waals surface area contributed by atoms with Gasteiger partial charge in [-0.3, -0.25) is 4.79 Å². The van der Waals surface area contributed by atoms with E-state index in [2.05, 4.69) is 15.9 Å². The number of hydrogen-bond acceptors (Lipinski definition) is 3. The number of phenols is 1. The fourth-order valence-electron chi connectivity index (χ4n) is 1.39. The smallest absolute Gasteiger partial charge is 0.312 e. The molecule has 0 fully saturated rings. The van der Waals surface area contributed by atoms with Crippen molar-refractivity contribution in [3.8, 4) is 5.75 Å². The van der Waals surface area contributed by atoms with Crippen LogP contribution in [0.2, 0.25) is 0 Å². The molecule has 15 heavy (non-hydrogen) atoms. The lowest BCUT2D eigenvalue weighted by atomic mass is 9.96. The van der Waals surface area contributed by atoms with Gasteiger partial charge in [0, 0.05) is 16.6 Å². The van der Waals surface area contributed by atoms with Gasteiger partial charge in [0.2, 0.25) is 0 Å². The van der Waals surface area contributed by atoms with Gasteiger partial charge in [0.1, 0.15) is 5.75 Å². The number of rotatable bonds is 3. The number of carboxylic acid groups (broad SMARTS) is 1. The minimum Gasteiger partial charge on any atom is -0.507 e. The van der Waals surface area contributed by atoms with Gasteiger partial charge < -0.3 is 15.9 Å². The third-order valence-corrected chi connectivity index (χ3v) is 2.66. The fourth-order valence-corrected chi connectivity index (χ4v) is 1.98. The van der Waals surface area contributed by atoms with Gasteiger partial charge in [-0.2, -0.15) is 0 Å². The number of benzene rings is 1. The van der Waals surface area contributed by atoms with Crippen LogP contribution < -0.4 is 5.73 Å². The zero-order valence-electron chi connectivity index (χ0n) is 8.20. The molecule has 0 aliphatic heterocycles. The van der Waals surface area contributed by atoms with E-state index >= 15 is 0 Å². The molecule has 0 spiro atoms. The van der Waals surface area contributed by atoms with Gasteiger partial charge in [-0.05, 0) is 24.6 Å². The van der Waals surface area contributed by atoms with Gasteiger partial charge >= 0.3 is 5.97 Å². The largest absolute Gasteiger partial charge is 0.507 e. The maximum absolute atomic E-state index is 10.9. The van der Waals surface area contributed by atoms with Crippen molar-refractivity contribution in [2.24, 2.45) is 5.73 Å². The first-order chi connectivity index (χ1) is 6.97. The second kappa shape index (κ2) is 4.63. The van der Waals surface area contributed by atoms with Crippen LogP contribution in [0, 0.1) is 6.92 Å². The summed E-state index contributed by atoms with van der Waals surface area (Å²) in [4.78, 5) is 10.9. The average molecular weight is 274 g/mol. The molecule has 0 aliphatic carbocycles. The SMILES string of the molecule is Cc1cc(Br)cc(C(CN)C(=O)O)c1O. The second-order valence-corrected chi connectivity index (χ2v) is 4.20. The number of phenolic OH excluding ortho intramolecular Hbond substituents is 1. The van der Waals surface area contributed by atoms with Gasteiger partial charge in [-0.15, -0.1) is 0 Å². The van der Waals surface area contributed by atoms with Crippen LogP contribution in [0.3, 0.4) is 0 Å². The van der Waals surface area contributed by atoms with E-state index in [1.165, 1.54) is 0 Å². The maximum Gasteiger partial charge on any atom is 0.312 e. The van der Waals surface area contributed by atoms with Crippen LogP contribution in [-0.2, 0) is 4.79 Å². The normalized spacial score (nSPS) is 12.5. The van der Waals surface area contributed by atoms with Crippen LogP contribution >= 0.6 is 15.9 Å². The van der Waals surface area contributed by atoms with Crippen molar-refractivity contribution in [2.75, 3.05) is 6.54 Å². The molecule has 0 saturated heterocycles. The molecule has 0 saturated carbocycles. The molecule has 0 aromatic heterocycles. The standard InChI is InChI=1S/C10H12BrNO3/c1-5-2-6(11)3-7(9(5)13)8(4-12)10(14)15/h2-3,8,13H,4,12H2,1H3,(H,14,15). The molecular weight excluding hydrogens is 262 g/mol. The third-order valence-electron chi connectivity index (χ3n) is 2.20. The van der Waals surface area contributed by atoms with Crippen LogP contribution in [0.1, 0.15) is 17.0 Å². The molecule has 0 aliphatic rings. The molecule has 1 rings (SSSR count). The highest BCUT2D eigenvalue weighted by atomic mass is 79.9. The molecule has 0 bridgehead atoms. The summed E-state index contributed by atoms with van der Waals surface area (Å²) in [5.41, 5.74) is 6.34. The highest BCUT2D eigenvalue weighted by Crippen LogP contribution is 2.32. The Morgan fingerprint density at radius 2 is 2.20 bits per heavy atom. The molecule has 4 N–H and O–H groups in total. The van der Waals surface area contributed by atoms with Gasteiger partial charge in [0.05, 0.1) is 5.92 Å². The Balaban J connectivity index is 3.28. The van der Waals surface area contributed by atoms with E-state index in [4.69, 9.17) is 10.8 Å². The predicted molar refractivity (Wildman–Crippen MR) is 60.0 cm³/mol. The molecule has 0 heterocycles. The Hall–Kier alpha value is -1.07. The number of aliphatic carboxylic acids is 1. The van der Waals surface area contributed by atoms with E-state index in [0.29, 0.717) is 11.1 Å². The summed E-state index contributed by atoms with van der Waals surface area (Å²) in [6, 6.07) is 3.29. The van der Waals surface area contributed by atoms with Crippen molar-refractivity contribution < 1.29 is 15.0 Å². The van der Waals surface area contributed by atoms with E-state index in [9.17, 15) is 9.90 Å². The topological polar surface area (TPSA) is 83.6 Å². The Labute approximate surface area is 95.8 Å². The van der Waals surface area contributed by atoms with Crippen LogP contribution in [-0.4, -0.2) is 22.7 Å². The van der Waals surface area contributed by atoms with Crippen LogP contribution in [0.15, 0.2) is 16.6 Å². The summed E-state index contributed by atoms with van der Waals surface area (Å²) in [7, 11) is 0.